The van der Waals surface area contributed by atoms with E-state index in [0.29, 0.717) is 11.5 Å². The highest BCUT2D eigenvalue weighted by Gasteiger charge is 2.37. The topological polar surface area (TPSA) is 38.3 Å². The number of hydrogen-bond acceptors (Lipinski definition) is 3. The molecule has 122 valence electrons. The zero-order valence-corrected chi connectivity index (χ0v) is 13.3. The van der Waals surface area contributed by atoms with Gasteiger partial charge in [0, 0.05) is 11.6 Å². The molecule has 1 aliphatic carbocycles. The van der Waals surface area contributed by atoms with Crippen molar-refractivity contribution in [1.29, 1.82) is 0 Å². The number of allylic oxidation sites excluding steroid dienone is 2. The summed E-state index contributed by atoms with van der Waals surface area (Å²) in [5.41, 5.74) is 3.67. The van der Waals surface area contributed by atoms with Gasteiger partial charge in [-0.25, -0.2) is 9.18 Å². The van der Waals surface area contributed by atoms with Crippen molar-refractivity contribution < 1.29 is 13.9 Å². The van der Waals surface area contributed by atoms with E-state index in [1.54, 1.807) is 18.2 Å². The Kier molecular flexibility index (Phi) is 3.60. The van der Waals surface area contributed by atoms with E-state index in [0.717, 1.165) is 23.2 Å². The van der Waals surface area contributed by atoms with Gasteiger partial charge < -0.3 is 10.1 Å². The highest BCUT2D eigenvalue weighted by Crippen LogP contribution is 2.49. The third-order valence-corrected chi connectivity index (χ3v) is 5.02. The monoisotopic (exact) mass is 323 g/mol. The number of hydrogen-bond donors (Lipinski definition) is 1. The molecule has 24 heavy (non-hydrogen) atoms. The van der Waals surface area contributed by atoms with Crippen LogP contribution in [0.25, 0.3) is 0 Å². The minimum absolute atomic E-state index is 0.134. The molecule has 0 fully saturated rings. The molecule has 1 aliphatic heterocycles. The molecule has 0 aromatic heterocycles. The first kappa shape index (κ1) is 14.9. The summed E-state index contributed by atoms with van der Waals surface area (Å²) in [7, 11) is 1.38. The Hall–Kier alpha value is -2.62. The molecular weight excluding hydrogens is 305 g/mol. The van der Waals surface area contributed by atoms with Gasteiger partial charge in [-0.15, -0.1) is 0 Å². The van der Waals surface area contributed by atoms with Crippen LogP contribution in [-0.4, -0.2) is 13.1 Å². The van der Waals surface area contributed by atoms with Crippen molar-refractivity contribution in [1.82, 2.24) is 0 Å². The maximum Gasteiger partial charge on any atom is 0.337 e. The predicted molar refractivity (Wildman–Crippen MR) is 90.5 cm³/mol. The summed E-state index contributed by atoms with van der Waals surface area (Å²) in [5, 5.41) is 3.55. The summed E-state index contributed by atoms with van der Waals surface area (Å²) in [6.45, 7) is 0. The number of rotatable bonds is 2. The normalized spacial score (nSPS) is 24.0. The minimum atomic E-state index is -0.334. The fourth-order valence-electron chi connectivity index (χ4n) is 3.84. The van der Waals surface area contributed by atoms with Crippen LogP contribution in [0.5, 0.6) is 0 Å². The summed E-state index contributed by atoms with van der Waals surface area (Å²) in [5.74, 6) is 0.0420. The van der Waals surface area contributed by atoms with Gasteiger partial charge in [-0.05, 0) is 53.8 Å². The average molecular weight is 323 g/mol. The number of carbonyl (C=O) groups excluding carboxylic acids is 1. The lowest BCUT2D eigenvalue weighted by Gasteiger charge is -2.37. The lowest BCUT2D eigenvalue weighted by molar-refractivity contribution is 0.0600. The summed E-state index contributed by atoms with van der Waals surface area (Å²) >= 11 is 0. The maximum absolute atomic E-state index is 13.6. The highest BCUT2D eigenvalue weighted by atomic mass is 19.1. The van der Waals surface area contributed by atoms with Crippen LogP contribution < -0.4 is 5.32 Å². The van der Waals surface area contributed by atoms with Gasteiger partial charge in [-0.2, -0.15) is 0 Å². The summed E-state index contributed by atoms with van der Waals surface area (Å²) < 4.78 is 18.4. The second-order valence-corrected chi connectivity index (χ2v) is 6.32. The molecule has 2 aromatic rings. The number of esters is 1. The fourth-order valence-corrected chi connectivity index (χ4v) is 3.84. The number of halogens is 1. The quantitative estimate of drug-likeness (QED) is 0.656. The number of methoxy groups -OCH3 is 1. The molecule has 0 unspecified atom stereocenters. The summed E-state index contributed by atoms with van der Waals surface area (Å²) in [6.07, 6.45) is 5.31. The number of nitrogens with one attached hydrogen (secondary N) is 1. The molecule has 3 atom stereocenters. The van der Waals surface area contributed by atoms with Crippen molar-refractivity contribution in [2.45, 2.75) is 18.4 Å². The van der Waals surface area contributed by atoms with Gasteiger partial charge in [0.15, 0.2) is 0 Å². The first-order valence-corrected chi connectivity index (χ1v) is 8.08. The Morgan fingerprint density at radius 1 is 1.21 bits per heavy atom. The number of anilines is 1. The Balaban J connectivity index is 1.69. The van der Waals surface area contributed by atoms with Crippen molar-refractivity contribution >= 4 is 11.7 Å². The SMILES string of the molecule is COC(=O)c1ccc([C@@H]2Nc3ccc(F)cc3[C@H]3C=CC[C@H]32)cc1. The Morgan fingerprint density at radius 3 is 2.75 bits per heavy atom. The van der Waals surface area contributed by atoms with Crippen molar-refractivity contribution in [2.24, 2.45) is 5.92 Å². The Morgan fingerprint density at radius 2 is 2.00 bits per heavy atom. The molecule has 0 bridgehead atoms. The van der Waals surface area contributed by atoms with Gasteiger partial charge >= 0.3 is 5.97 Å². The van der Waals surface area contributed by atoms with E-state index in [1.807, 2.05) is 18.2 Å². The van der Waals surface area contributed by atoms with Crippen LogP contribution in [0.15, 0.2) is 54.6 Å². The van der Waals surface area contributed by atoms with Gasteiger partial charge in [0.2, 0.25) is 0 Å². The van der Waals surface area contributed by atoms with Crippen molar-refractivity contribution in [3.8, 4) is 0 Å². The zero-order valence-electron chi connectivity index (χ0n) is 13.3. The van der Waals surface area contributed by atoms with Crippen LogP contribution in [0.3, 0.4) is 0 Å². The molecule has 1 N–H and O–H groups in total. The smallest absolute Gasteiger partial charge is 0.337 e. The van der Waals surface area contributed by atoms with E-state index in [9.17, 15) is 9.18 Å². The standard InChI is InChI=1S/C20H18FNO2/c1-24-20(23)13-7-5-12(6-8-13)19-16-4-2-3-15(16)17-11-14(21)9-10-18(17)22-19/h2-3,5-11,15-16,19,22H,4H2,1H3/t15-,16+,19-/m0/s1. The number of benzene rings is 2. The number of fused-ring (bicyclic) bond motifs is 3. The van der Waals surface area contributed by atoms with Crippen LogP contribution in [0, 0.1) is 11.7 Å². The van der Waals surface area contributed by atoms with E-state index >= 15 is 0 Å². The van der Waals surface area contributed by atoms with Gasteiger partial charge in [0.05, 0.1) is 18.7 Å². The Bertz CT molecular complexity index is 813. The van der Waals surface area contributed by atoms with Gasteiger partial charge in [0.1, 0.15) is 5.82 Å². The number of ether oxygens (including phenoxy) is 1. The van der Waals surface area contributed by atoms with E-state index in [1.165, 1.54) is 13.2 Å². The van der Waals surface area contributed by atoms with E-state index in [-0.39, 0.29) is 23.7 Å². The van der Waals surface area contributed by atoms with Crippen LogP contribution >= 0.6 is 0 Å². The molecule has 4 rings (SSSR count). The molecule has 0 spiro atoms. The summed E-state index contributed by atoms with van der Waals surface area (Å²) in [4.78, 5) is 11.6. The Labute approximate surface area is 140 Å². The zero-order chi connectivity index (χ0) is 16.7. The lowest BCUT2D eigenvalue weighted by Crippen LogP contribution is -2.29. The van der Waals surface area contributed by atoms with Gasteiger partial charge in [0.25, 0.3) is 0 Å². The summed E-state index contributed by atoms with van der Waals surface area (Å²) in [6, 6.07) is 12.6. The molecule has 2 aromatic carbocycles. The van der Waals surface area contributed by atoms with Gasteiger partial charge in [-0.1, -0.05) is 24.3 Å². The first-order chi connectivity index (χ1) is 11.7. The molecular formula is C20H18FNO2. The van der Waals surface area contributed by atoms with E-state index < -0.39 is 0 Å². The molecule has 1 heterocycles. The van der Waals surface area contributed by atoms with E-state index in [2.05, 4.69) is 17.5 Å². The number of carbonyl (C=O) groups is 1. The largest absolute Gasteiger partial charge is 0.465 e. The van der Waals surface area contributed by atoms with Crippen molar-refractivity contribution in [2.75, 3.05) is 12.4 Å². The average Bonchev–Trinajstić information content (AvgIpc) is 3.11. The molecule has 0 amide bonds. The van der Waals surface area contributed by atoms with Crippen LogP contribution in [-0.2, 0) is 4.74 Å². The second-order valence-electron chi connectivity index (χ2n) is 6.32. The molecule has 0 radical (unpaired) electrons. The van der Waals surface area contributed by atoms with Crippen molar-refractivity contribution in [3.05, 3.63) is 77.1 Å². The first-order valence-electron chi connectivity index (χ1n) is 8.08. The molecule has 2 aliphatic rings. The molecule has 0 saturated carbocycles. The molecule has 4 heteroatoms. The third-order valence-electron chi connectivity index (χ3n) is 5.02. The fraction of sp³-hybridized carbons (Fsp3) is 0.250. The lowest BCUT2D eigenvalue weighted by atomic mass is 9.77. The van der Waals surface area contributed by atoms with Gasteiger partial charge in [-0.3, -0.25) is 0 Å². The molecule has 3 nitrogen and oxygen atoms in total. The minimum Gasteiger partial charge on any atom is -0.465 e. The van der Waals surface area contributed by atoms with Crippen molar-refractivity contribution in [3.63, 3.8) is 0 Å². The van der Waals surface area contributed by atoms with E-state index in [4.69, 9.17) is 4.74 Å². The van der Waals surface area contributed by atoms with Crippen LogP contribution in [0.2, 0.25) is 0 Å². The second kappa shape index (κ2) is 5.78. The van der Waals surface area contributed by atoms with Crippen LogP contribution in [0.4, 0.5) is 10.1 Å². The maximum atomic E-state index is 13.6. The van der Waals surface area contributed by atoms with Crippen LogP contribution in [0.1, 0.15) is 39.9 Å². The predicted octanol–water partition coefficient (Wildman–Crippen LogP) is 4.44. The third kappa shape index (κ3) is 2.39. The highest BCUT2D eigenvalue weighted by molar-refractivity contribution is 5.89. The molecule has 0 saturated heterocycles.